The first-order chi connectivity index (χ1) is 14.5. The second-order valence-electron chi connectivity index (χ2n) is 6.95. The summed E-state index contributed by atoms with van der Waals surface area (Å²) in [5.41, 5.74) is -1.91. The Kier molecular flexibility index (Phi) is 13.6. The van der Waals surface area contributed by atoms with Gasteiger partial charge in [0.2, 0.25) is 5.82 Å². The zero-order valence-electron chi connectivity index (χ0n) is 17.8. The minimum Gasteiger partial charge on any atom is -0.444 e. The van der Waals surface area contributed by atoms with Gasteiger partial charge in [0.25, 0.3) is 5.56 Å². The molecule has 1 N–H and O–H groups in total. The minimum atomic E-state index is -1.10. The van der Waals surface area contributed by atoms with Gasteiger partial charge in [-0.25, -0.2) is 4.79 Å². The van der Waals surface area contributed by atoms with Crippen LogP contribution in [0.1, 0.15) is 71.1 Å². The first kappa shape index (κ1) is 25.3. The number of ether oxygens (including phenoxy) is 1. The van der Waals surface area contributed by atoms with Crippen LogP contribution in [0, 0.1) is 5.82 Å². The summed E-state index contributed by atoms with van der Waals surface area (Å²) < 4.78 is 18.9. The molecule has 1 aromatic heterocycles. The predicted octanol–water partition coefficient (Wildman–Crippen LogP) is 4.77. The van der Waals surface area contributed by atoms with Crippen LogP contribution >= 0.6 is 0 Å². The number of aromatic nitrogens is 2. The average molecular weight is 421 g/mol. The Morgan fingerprint density at radius 1 is 1.00 bits per heavy atom. The molecule has 0 saturated heterocycles. The Morgan fingerprint density at radius 2 is 1.63 bits per heavy atom. The Labute approximate surface area is 177 Å². The number of halogens is 1. The van der Waals surface area contributed by atoms with Crippen LogP contribution < -0.4 is 11.2 Å². The lowest BCUT2D eigenvalue weighted by molar-refractivity contribution is -0.147. The van der Waals surface area contributed by atoms with Crippen molar-refractivity contribution in [3.63, 3.8) is 0 Å². The van der Waals surface area contributed by atoms with Crippen LogP contribution in [0.25, 0.3) is 0 Å². The van der Waals surface area contributed by atoms with Gasteiger partial charge < -0.3 is 4.74 Å². The molecule has 0 fully saturated rings. The molecule has 0 amide bonds. The summed E-state index contributed by atoms with van der Waals surface area (Å²) in [5, 5.41) is 0. The zero-order valence-corrected chi connectivity index (χ0v) is 17.8. The van der Waals surface area contributed by atoms with E-state index >= 15 is 0 Å². The van der Waals surface area contributed by atoms with Crippen molar-refractivity contribution in [2.24, 2.45) is 0 Å². The Morgan fingerprint density at radius 3 is 2.37 bits per heavy atom. The number of nitrogens with zero attached hydrogens (tertiary/aromatic N) is 1. The molecule has 166 valence electrons. The Hall–Kier alpha value is -2.70. The van der Waals surface area contributed by atoms with E-state index in [0.29, 0.717) is 6.42 Å². The standard InChI is InChI=1S/C23H33FN2O4/c1-2-3-4-5-6-7-8-9-10-11-12-13-14-15-16-17-21(27)30-19-26-18-20(24)22(28)25-23(26)29/h3-4,6-7,9-10,18H,2,5,8,11-17,19H2,1H3,(H,25,28,29)/b4-3+,7-6+,10-9+. The monoisotopic (exact) mass is 420 g/mol. The zero-order chi connectivity index (χ0) is 22.0. The fraction of sp³-hybridized carbons (Fsp3) is 0.522. The fourth-order valence-electron chi connectivity index (χ4n) is 2.68. The highest BCUT2D eigenvalue weighted by molar-refractivity contribution is 5.69. The first-order valence-electron chi connectivity index (χ1n) is 10.6. The summed E-state index contributed by atoms with van der Waals surface area (Å²) >= 11 is 0. The normalized spacial score (nSPS) is 11.8. The highest BCUT2D eigenvalue weighted by atomic mass is 19.1. The van der Waals surface area contributed by atoms with Gasteiger partial charge in [0.05, 0.1) is 6.20 Å². The van der Waals surface area contributed by atoms with Crippen LogP contribution in [-0.2, 0) is 16.3 Å². The number of nitrogens with one attached hydrogen (secondary N) is 1. The molecule has 0 spiro atoms. The maximum absolute atomic E-state index is 13.1. The van der Waals surface area contributed by atoms with Crippen LogP contribution in [0.15, 0.2) is 52.2 Å². The summed E-state index contributed by atoms with van der Waals surface area (Å²) in [4.78, 5) is 35.9. The quantitative estimate of drug-likeness (QED) is 0.252. The minimum absolute atomic E-state index is 0.250. The lowest BCUT2D eigenvalue weighted by Crippen LogP contribution is -2.32. The average Bonchev–Trinajstić information content (AvgIpc) is 2.72. The molecule has 1 aromatic rings. The molecule has 1 heterocycles. The predicted molar refractivity (Wildman–Crippen MR) is 117 cm³/mol. The van der Waals surface area contributed by atoms with Gasteiger partial charge >= 0.3 is 11.7 Å². The van der Waals surface area contributed by atoms with E-state index in [0.717, 1.165) is 62.1 Å². The van der Waals surface area contributed by atoms with Crippen LogP contribution in [0.2, 0.25) is 0 Å². The number of hydrogen-bond acceptors (Lipinski definition) is 4. The Bertz CT molecular complexity index is 821. The molecular weight excluding hydrogens is 387 g/mol. The van der Waals surface area contributed by atoms with Crippen molar-refractivity contribution < 1.29 is 13.9 Å². The van der Waals surface area contributed by atoms with Crippen molar-refractivity contribution in [1.29, 1.82) is 0 Å². The van der Waals surface area contributed by atoms with Gasteiger partial charge in [-0.2, -0.15) is 4.39 Å². The number of carbonyl (C=O) groups is 1. The molecule has 1 rings (SSSR count). The number of aromatic amines is 1. The van der Waals surface area contributed by atoms with E-state index in [9.17, 15) is 18.8 Å². The number of unbranched alkanes of at least 4 members (excludes halogenated alkanes) is 5. The molecule has 0 aliphatic heterocycles. The molecule has 0 aromatic carbocycles. The molecule has 7 heteroatoms. The molecular formula is C23H33FN2O4. The van der Waals surface area contributed by atoms with E-state index in [-0.39, 0.29) is 6.42 Å². The summed E-state index contributed by atoms with van der Waals surface area (Å²) in [7, 11) is 0. The van der Waals surface area contributed by atoms with Crippen molar-refractivity contribution in [1.82, 2.24) is 9.55 Å². The van der Waals surface area contributed by atoms with Crippen LogP contribution in [0.4, 0.5) is 4.39 Å². The maximum Gasteiger partial charge on any atom is 0.331 e. The fourth-order valence-corrected chi connectivity index (χ4v) is 2.68. The molecule has 30 heavy (non-hydrogen) atoms. The number of H-pyrrole nitrogens is 1. The number of allylic oxidation sites excluding steroid dienone is 6. The van der Waals surface area contributed by atoms with Crippen LogP contribution in [0.3, 0.4) is 0 Å². The van der Waals surface area contributed by atoms with Gasteiger partial charge in [-0.3, -0.25) is 19.1 Å². The number of rotatable bonds is 15. The number of esters is 1. The van der Waals surface area contributed by atoms with Crippen LogP contribution in [-0.4, -0.2) is 15.5 Å². The lowest BCUT2D eigenvalue weighted by atomic mass is 10.1. The molecule has 6 nitrogen and oxygen atoms in total. The third-order valence-electron chi connectivity index (χ3n) is 4.36. The second-order valence-corrected chi connectivity index (χ2v) is 6.95. The van der Waals surface area contributed by atoms with Gasteiger partial charge in [0.15, 0.2) is 6.73 Å². The summed E-state index contributed by atoms with van der Waals surface area (Å²) in [6, 6.07) is 0. The summed E-state index contributed by atoms with van der Waals surface area (Å²) in [6.07, 6.45) is 23.1. The Balaban J connectivity index is 2.01. The lowest BCUT2D eigenvalue weighted by Gasteiger charge is -2.07. The highest BCUT2D eigenvalue weighted by Gasteiger charge is 2.07. The molecule has 0 aliphatic rings. The summed E-state index contributed by atoms with van der Waals surface area (Å²) in [6.45, 7) is 1.71. The van der Waals surface area contributed by atoms with Crippen molar-refractivity contribution >= 4 is 5.97 Å². The van der Waals surface area contributed by atoms with E-state index in [2.05, 4.69) is 43.4 Å². The SMILES string of the molecule is CC/C=C/C/C=C/C/C=C/CCCCCCCC(=O)OCn1cc(F)c(=O)[nH]c1=O. The second kappa shape index (κ2) is 16.1. The third-order valence-corrected chi connectivity index (χ3v) is 4.36. The van der Waals surface area contributed by atoms with Crippen molar-refractivity contribution in [3.8, 4) is 0 Å². The van der Waals surface area contributed by atoms with Gasteiger partial charge in [-0.05, 0) is 38.5 Å². The van der Waals surface area contributed by atoms with E-state index in [4.69, 9.17) is 4.74 Å². The van der Waals surface area contributed by atoms with E-state index in [1.807, 2.05) is 0 Å². The van der Waals surface area contributed by atoms with E-state index in [1.54, 1.807) is 4.98 Å². The molecule has 0 radical (unpaired) electrons. The van der Waals surface area contributed by atoms with Crippen LogP contribution in [0.5, 0.6) is 0 Å². The van der Waals surface area contributed by atoms with Crippen molar-refractivity contribution in [3.05, 3.63) is 69.3 Å². The van der Waals surface area contributed by atoms with E-state index < -0.39 is 29.8 Å². The summed E-state index contributed by atoms with van der Waals surface area (Å²) in [5.74, 6) is -1.55. The number of hydrogen-bond donors (Lipinski definition) is 1. The highest BCUT2D eigenvalue weighted by Crippen LogP contribution is 2.08. The van der Waals surface area contributed by atoms with Gasteiger partial charge in [0, 0.05) is 6.42 Å². The topological polar surface area (TPSA) is 81.2 Å². The van der Waals surface area contributed by atoms with Gasteiger partial charge in [-0.15, -0.1) is 0 Å². The first-order valence-corrected chi connectivity index (χ1v) is 10.6. The molecule has 0 bridgehead atoms. The van der Waals surface area contributed by atoms with Gasteiger partial charge in [0.1, 0.15) is 0 Å². The largest absolute Gasteiger partial charge is 0.444 e. The molecule has 0 saturated carbocycles. The molecule has 0 atom stereocenters. The van der Waals surface area contributed by atoms with Crippen molar-refractivity contribution in [2.75, 3.05) is 0 Å². The molecule has 0 aliphatic carbocycles. The van der Waals surface area contributed by atoms with Crippen molar-refractivity contribution in [2.45, 2.75) is 77.9 Å². The van der Waals surface area contributed by atoms with Gasteiger partial charge in [-0.1, -0.05) is 62.6 Å². The smallest absolute Gasteiger partial charge is 0.331 e. The van der Waals surface area contributed by atoms with E-state index in [1.165, 1.54) is 0 Å². The number of carbonyl (C=O) groups excluding carboxylic acids is 1. The third kappa shape index (κ3) is 12.0. The molecule has 0 unspecified atom stereocenters. The maximum atomic E-state index is 13.1.